The molecule has 0 fully saturated rings. The van der Waals surface area contributed by atoms with Gasteiger partial charge in [0.15, 0.2) is 0 Å². The number of nitrogens with one attached hydrogen (secondary N) is 1. The Morgan fingerprint density at radius 3 is 2.24 bits per heavy atom. The van der Waals surface area contributed by atoms with Gasteiger partial charge in [-0.2, -0.15) is 0 Å². The van der Waals surface area contributed by atoms with E-state index in [1.165, 1.54) is 18.2 Å². The first-order valence-electron chi connectivity index (χ1n) is 4.46. The Kier molecular flexibility index (Phi) is 4.74. The summed E-state index contributed by atoms with van der Waals surface area (Å²) in [6.45, 7) is 0. The molecule has 1 aromatic rings. The molecule has 0 bridgehead atoms. The first-order chi connectivity index (χ1) is 7.93. The predicted octanol–water partition coefficient (Wildman–Crippen LogP) is 2.03. The Bertz CT molecular complexity index is 430. The van der Waals surface area contributed by atoms with Gasteiger partial charge in [0.05, 0.1) is 0 Å². The smallest absolute Gasteiger partial charge is 0.342 e. The van der Waals surface area contributed by atoms with Crippen LogP contribution in [0.3, 0.4) is 0 Å². The lowest BCUT2D eigenvalue weighted by atomic mass is 10.3. The Morgan fingerprint density at radius 1 is 1.29 bits per heavy atom. The third-order valence-corrected chi connectivity index (χ3v) is 2.26. The number of aliphatic carboxylic acids is 1. The highest BCUT2D eigenvalue weighted by atomic mass is 35.5. The largest absolute Gasteiger partial charge is 0.479 e. The molecule has 0 aliphatic heterocycles. The Balaban J connectivity index is 2.83. The van der Waals surface area contributed by atoms with Gasteiger partial charge in [0.2, 0.25) is 6.10 Å². The molecule has 0 spiro atoms. The molecular formula is C10H9Cl2NO4. The van der Waals surface area contributed by atoms with Crippen molar-refractivity contribution in [2.45, 2.75) is 6.10 Å². The Morgan fingerprint density at radius 2 is 1.82 bits per heavy atom. The van der Waals surface area contributed by atoms with Gasteiger partial charge >= 0.3 is 5.97 Å². The van der Waals surface area contributed by atoms with E-state index < -0.39 is 18.0 Å². The molecule has 0 aromatic heterocycles. The summed E-state index contributed by atoms with van der Waals surface area (Å²) < 4.78 is 4.53. The van der Waals surface area contributed by atoms with Crippen LogP contribution in [0.25, 0.3) is 0 Å². The lowest BCUT2D eigenvalue weighted by molar-refractivity contribution is -0.153. The van der Waals surface area contributed by atoms with Crippen LogP contribution in [0.15, 0.2) is 18.2 Å². The molecule has 17 heavy (non-hydrogen) atoms. The zero-order valence-corrected chi connectivity index (χ0v) is 10.2. The van der Waals surface area contributed by atoms with E-state index in [0.717, 1.165) is 7.11 Å². The highest BCUT2D eigenvalue weighted by molar-refractivity contribution is 6.35. The lowest BCUT2D eigenvalue weighted by Crippen LogP contribution is -2.36. The number of carboxylic acid groups (broad SMARTS) is 1. The minimum Gasteiger partial charge on any atom is -0.479 e. The van der Waals surface area contributed by atoms with Crippen molar-refractivity contribution in [3.8, 4) is 0 Å². The molecule has 1 aromatic carbocycles. The van der Waals surface area contributed by atoms with Crippen molar-refractivity contribution in [2.75, 3.05) is 12.4 Å². The maximum absolute atomic E-state index is 11.5. The summed E-state index contributed by atoms with van der Waals surface area (Å²) in [5, 5.41) is 11.7. The summed E-state index contributed by atoms with van der Waals surface area (Å²) in [6, 6.07) is 4.38. The molecule has 0 radical (unpaired) electrons. The molecule has 2 N–H and O–H groups in total. The van der Waals surface area contributed by atoms with Gasteiger partial charge in [-0.15, -0.1) is 0 Å². The van der Waals surface area contributed by atoms with Crippen molar-refractivity contribution >= 4 is 40.8 Å². The minimum atomic E-state index is -1.58. The number of hydrogen-bond donors (Lipinski definition) is 2. The van der Waals surface area contributed by atoms with E-state index in [4.69, 9.17) is 28.3 Å². The Labute approximate surface area is 107 Å². The van der Waals surface area contributed by atoms with Crippen LogP contribution < -0.4 is 5.32 Å². The van der Waals surface area contributed by atoms with Crippen molar-refractivity contribution in [1.82, 2.24) is 0 Å². The number of carbonyl (C=O) groups excluding carboxylic acids is 1. The number of methoxy groups -OCH3 is 1. The maximum atomic E-state index is 11.5. The monoisotopic (exact) mass is 277 g/mol. The fourth-order valence-electron chi connectivity index (χ4n) is 1.15. The number of carbonyl (C=O) groups is 2. The standard InChI is InChI=1S/C10H9Cl2NO4/c1-17-8(10(15)16)9(14)13-7-3-5(11)2-6(12)4-7/h2-4,8H,1H3,(H,13,14)(H,15,16)/t8-/m1/s1. The SMILES string of the molecule is CO[C@@H](C(=O)O)C(=O)Nc1cc(Cl)cc(Cl)c1. The topological polar surface area (TPSA) is 75.6 Å². The van der Waals surface area contributed by atoms with Gasteiger partial charge in [-0.1, -0.05) is 23.2 Å². The normalized spacial score (nSPS) is 11.9. The van der Waals surface area contributed by atoms with Crippen LogP contribution in [0.4, 0.5) is 5.69 Å². The molecular weight excluding hydrogens is 269 g/mol. The number of amides is 1. The zero-order chi connectivity index (χ0) is 13.0. The summed E-state index contributed by atoms with van der Waals surface area (Å²) in [5.74, 6) is -2.18. The lowest BCUT2D eigenvalue weighted by Gasteiger charge is -2.11. The number of ether oxygens (including phenoxy) is 1. The van der Waals surface area contributed by atoms with Gasteiger partial charge in [-0.25, -0.2) is 4.79 Å². The second kappa shape index (κ2) is 5.86. The van der Waals surface area contributed by atoms with Crippen molar-refractivity contribution in [1.29, 1.82) is 0 Å². The molecule has 1 atom stereocenters. The number of anilines is 1. The van der Waals surface area contributed by atoms with E-state index in [1.54, 1.807) is 0 Å². The van der Waals surface area contributed by atoms with Crippen LogP contribution >= 0.6 is 23.2 Å². The van der Waals surface area contributed by atoms with E-state index in [0.29, 0.717) is 15.7 Å². The summed E-state index contributed by atoms with van der Waals surface area (Å²) >= 11 is 11.5. The number of rotatable bonds is 4. The van der Waals surface area contributed by atoms with Gasteiger partial charge in [0.25, 0.3) is 5.91 Å². The van der Waals surface area contributed by atoms with Crippen molar-refractivity contribution < 1.29 is 19.4 Å². The van der Waals surface area contributed by atoms with E-state index in [9.17, 15) is 9.59 Å². The highest BCUT2D eigenvalue weighted by Crippen LogP contribution is 2.22. The average molecular weight is 278 g/mol. The Hall–Kier alpha value is -1.30. The molecule has 0 saturated carbocycles. The van der Waals surface area contributed by atoms with Crippen LogP contribution in [0.2, 0.25) is 10.0 Å². The maximum Gasteiger partial charge on any atom is 0.342 e. The van der Waals surface area contributed by atoms with Gasteiger partial charge < -0.3 is 15.2 Å². The first kappa shape index (κ1) is 13.8. The third kappa shape index (κ3) is 3.89. The molecule has 1 rings (SSSR count). The first-order valence-corrected chi connectivity index (χ1v) is 5.22. The number of benzene rings is 1. The molecule has 7 heteroatoms. The van der Waals surface area contributed by atoms with Crippen LogP contribution in [-0.4, -0.2) is 30.2 Å². The highest BCUT2D eigenvalue weighted by Gasteiger charge is 2.25. The van der Waals surface area contributed by atoms with Crippen molar-refractivity contribution in [3.63, 3.8) is 0 Å². The minimum absolute atomic E-state index is 0.302. The number of halogens is 2. The molecule has 0 aliphatic carbocycles. The second-order valence-corrected chi connectivity index (χ2v) is 3.97. The van der Waals surface area contributed by atoms with Gasteiger partial charge in [-0.3, -0.25) is 4.79 Å². The molecule has 1 amide bonds. The van der Waals surface area contributed by atoms with E-state index in [1.807, 2.05) is 0 Å². The van der Waals surface area contributed by atoms with Gasteiger partial charge in [0, 0.05) is 22.8 Å². The van der Waals surface area contributed by atoms with Crippen LogP contribution in [-0.2, 0) is 14.3 Å². The summed E-state index contributed by atoms with van der Waals surface area (Å²) in [4.78, 5) is 22.2. The molecule has 0 unspecified atom stereocenters. The van der Waals surface area contributed by atoms with E-state index in [-0.39, 0.29) is 0 Å². The molecule has 0 heterocycles. The molecule has 5 nitrogen and oxygen atoms in total. The molecule has 0 aliphatic rings. The zero-order valence-electron chi connectivity index (χ0n) is 8.74. The van der Waals surface area contributed by atoms with Gasteiger partial charge in [-0.05, 0) is 18.2 Å². The van der Waals surface area contributed by atoms with E-state index in [2.05, 4.69) is 10.1 Å². The molecule has 92 valence electrons. The summed E-state index contributed by atoms with van der Waals surface area (Å²) in [5.41, 5.74) is 0.302. The summed E-state index contributed by atoms with van der Waals surface area (Å²) in [6.07, 6.45) is -1.58. The molecule has 0 saturated heterocycles. The number of hydrogen-bond acceptors (Lipinski definition) is 3. The fraction of sp³-hybridized carbons (Fsp3) is 0.200. The summed E-state index contributed by atoms with van der Waals surface area (Å²) in [7, 11) is 1.13. The second-order valence-electron chi connectivity index (χ2n) is 3.10. The fourth-order valence-corrected chi connectivity index (χ4v) is 1.68. The van der Waals surface area contributed by atoms with Crippen LogP contribution in [0, 0.1) is 0 Å². The van der Waals surface area contributed by atoms with Crippen LogP contribution in [0.1, 0.15) is 0 Å². The number of carboxylic acids is 1. The third-order valence-electron chi connectivity index (χ3n) is 1.83. The average Bonchev–Trinajstić information content (AvgIpc) is 2.15. The predicted molar refractivity (Wildman–Crippen MR) is 63.5 cm³/mol. The van der Waals surface area contributed by atoms with Crippen molar-refractivity contribution in [3.05, 3.63) is 28.2 Å². The van der Waals surface area contributed by atoms with E-state index >= 15 is 0 Å². The van der Waals surface area contributed by atoms with Crippen LogP contribution in [0.5, 0.6) is 0 Å². The quantitative estimate of drug-likeness (QED) is 0.826. The van der Waals surface area contributed by atoms with Gasteiger partial charge in [0.1, 0.15) is 0 Å². The van der Waals surface area contributed by atoms with Crippen molar-refractivity contribution in [2.24, 2.45) is 0 Å².